The maximum atomic E-state index is 11.8. The van der Waals surface area contributed by atoms with Crippen LogP contribution >= 0.6 is 0 Å². The lowest BCUT2D eigenvalue weighted by atomic mass is 10.2. The van der Waals surface area contributed by atoms with Gasteiger partial charge in [-0.15, -0.1) is 5.10 Å². The zero-order valence-corrected chi connectivity index (χ0v) is 11.6. The summed E-state index contributed by atoms with van der Waals surface area (Å²) in [5.74, 6) is -1.25. The molecule has 2 aromatic rings. The van der Waals surface area contributed by atoms with Gasteiger partial charge in [-0.1, -0.05) is 35.5 Å². The molecule has 1 atom stereocenters. The van der Waals surface area contributed by atoms with Crippen LogP contribution in [0.15, 0.2) is 36.5 Å². The molecule has 2 N–H and O–H groups in total. The van der Waals surface area contributed by atoms with Gasteiger partial charge < -0.3 is 10.4 Å². The summed E-state index contributed by atoms with van der Waals surface area (Å²) in [6, 6.07) is 9.09. The lowest BCUT2D eigenvalue weighted by Gasteiger charge is -2.10. The first-order chi connectivity index (χ1) is 10.0. The molecular formula is C14H16N4O3. The van der Waals surface area contributed by atoms with E-state index in [2.05, 4.69) is 15.6 Å². The molecule has 1 unspecified atom stereocenters. The predicted molar refractivity (Wildman–Crippen MR) is 75.3 cm³/mol. The molecule has 1 aromatic carbocycles. The van der Waals surface area contributed by atoms with Crippen molar-refractivity contribution in [3.63, 3.8) is 0 Å². The average molecular weight is 288 g/mol. The number of carbonyl (C=O) groups excluding carboxylic acids is 1. The van der Waals surface area contributed by atoms with Crippen LogP contribution in [0.3, 0.4) is 0 Å². The minimum Gasteiger partial charge on any atom is -0.481 e. The summed E-state index contributed by atoms with van der Waals surface area (Å²) in [7, 11) is 0. The molecule has 110 valence electrons. The van der Waals surface area contributed by atoms with Gasteiger partial charge in [0, 0.05) is 11.6 Å². The van der Waals surface area contributed by atoms with Crippen LogP contribution in [-0.4, -0.2) is 38.0 Å². The quantitative estimate of drug-likeness (QED) is 0.824. The van der Waals surface area contributed by atoms with E-state index in [0.29, 0.717) is 5.69 Å². The third-order valence-corrected chi connectivity index (χ3v) is 2.80. The van der Waals surface area contributed by atoms with Crippen LogP contribution in [0.2, 0.25) is 0 Å². The molecule has 2 rings (SSSR count). The van der Waals surface area contributed by atoms with Gasteiger partial charge in [0.2, 0.25) is 5.91 Å². The van der Waals surface area contributed by atoms with Gasteiger partial charge in [0.1, 0.15) is 12.2 Å². The molecule has 0 aliphatic carbocycles. The summed E-state index contributed by atoms with van der Waals surface area (Å²) in [4.78, 5) is 22.3. The number of carboxylic acids is 1. The Labute approximate surface area is 121 Å². The van der Waals surface area contributed by atoms with Gasteiger partial charge >= 0.3 is 5.97 Å². The minimum atomic E-state index is -0.949. The molecule has 7 heteroatoms. The summed E-state index contributed by atoms with van der Waals surface area (Å²) >= 11 is 0. The number of hydrogen-bond donors (Lipinski definition) is 2. The smallest absolute Gasteiger partial charge is 0.305 e. The van der Waals surface area contributed by atoms with Gasteiger partial charge in [0.05, 0.1) is 12.6 Å². The molecule has 1 amide bonds. The van der Waals surface area contributed by atoms with Crippen molar-refractivity contribution < 1.29 is 14.7 Å². The molecule has 1 heterocycles. The Morgan fingerprint density at radius 1 is 1.33 bits per heavy atom. The van der Waals surface area contributed by atoms with Crippen LogP contribution in [0.5, 0.6) is 0 Å². The molecule has 0 aliphatic heterocycles. The van der Waals surface area contributed by atoms with Gasteiger partial charge in [-0.05, 0) is 6.92 Å². The summed E-state index contributed by atoms with van der Waals surface area (Å²) in [6.07, 6.45) is 1.56. The SMILES string of the molecule is CC(CC(=O)O)NC(=O)Cn1cc(-c2ccccc2)nn1. The van der Waals surface area contributed by atoms with E-state index < -0.39 is 12.0 Å². The second kappa shape index (κ2) is 6.65. The Balaban J connectivity index is 1.93. The number of nitrogens with one attached hydrogen (secondary N) is 1. The fourth-order valence-corrected chi connectivity index (χ4v) is 1.90. The maximum Gasteiger partial charge on any atom is 0.305 e. The standard InChI is InChI=1S/C14H16N4O3/c1-10(7-14(20)21)15-13(19)9-18-8-12(16-17-18)11-5-3-2-4-6-11/h2-6,8,10H,7,9H2,1H3,(H,15,19)(H,20,21). The average Bonchev–Trinajstić information content (AvgIpc) is 2.86. The molecule has 1 aromatic heterocycles. The summed E-state index contributed by atoms with van der Waals surface area (Å²) in [5, 5.41) is 19.1. The normalized spacial score (nSPS) is 11.9. The molecule has 0 saturated carbocycles. The van der Waals surface area contributed by atoms with Crippen LogP contribution in [0.1, 0.15) is 13.3 Å². The number of carbonyl (C=O) groups is 2. The Morgan fingerprint density at radius 3 is 2.71 bits per heavy atom. The number of carboxylic acid groups (broad SMARTS) is 1. The van der Waals surface area contributed by atoms with Crippen LogP contribution in [-0.2, 0) is 16.1 Å². The first-order valence-corrected chi connectivity index (χ1v) is 6.51. The first kappa shape index (κ1) is 14.7. The summed E-state index contributed by atoms with van der Waals surface area (Å²) in [6.45, 7) is 1.65. The second-order valence-corrected chi connectivity index (χ2v) is 4.73. The van der Waals surface area contributed by atoms with Crippen molar-refractivity contribution in [1.82, 2.24) is 20.3 Å². The highest BCUT2D eigenvalue weighted by molar-refractivity contribution is 5.77. The van der Waals surface area contributed by atoms with Gasteiger partial charge in [0.25, 0.3) is 0 Å². The second-order valence-electron chi connectivity index (χ2n) is 4.73. The van der Waals surface area contributed by atoms with Crippen LogP contribution in [0.4, 0.5) is 0 Å². The van der Waals surface area contributed by atoms with Gasteiger partial charge in [0.15, 0.2) is 0 Å². The lowest BCUT2D eigenvalue weighted by Crippen LogP contribution is -2.36. The van der Waals surface area contributed by atoms with E-state index in [4.69, 9.17) is 5.11 Å². The van der Waals surface area contributed by atoms with Gasteiger partial charge in [-0.2, -0.15) is 0 Å². The number of benzene rings is 1. The Kier molecular flexibility index (Phi) is 4.65. The zero-order valence-electron chi connectivity index (χ0n) is 11.6. The highest BCUT2D eigenvalue weighted by atomic mass is 16.4. The third kappa shape index (κ3) is 4.41. The Morgan fingerprint density at radius 2 is 2.05 bits per heavy atom. The predicted octanol–water partition coefficient (Wildman–Crippen LogP) is 0.924. The lowest BCUT2D eigenvalue weighted by molar-refractivity contribution is -0.137. The highest BCUT2D eigenvalue weighted by Gasteiger charge is 2.12. The largest absolute Gasteiger partial charge is 0.481 e. The Hall–Kier alpha value is -2.70. The molecule has 0 aliphatic rings. The highest BCUT2D eigenvalue weighted by Crippen LogP contribution is 2.14. The van der Waals surface area contributed by atoms with Crippen molar-refractivity contribution >= 4 is 11.9 Å². The molecule has 0 bridgehead atoms. The third-order valence-electron chi connectivity index (χ3n) is 2.80. The molecular weight excluding hydrogens is 272 g/mol. The fraction of sp³-hybridized carbons (Fsp3) is 0.286. The molecule has 7 nitrogen and oxygen atoms in total. The number of nitrogens with zero attached hydrogens (tertiary/aromatic N) is 3. The van der Waals surface area contributed by atoms with Crippen molar-refractivity contribution in [2.45, 2.75) is 25.9 Å². The van der Waals surface area contributed by atoms with E-state index in [-0.39, 0.29) is 18.9 Å². The molecule has 21 heavy (non-hydrogen) atoms. The number of aromatic nitrogens is 3. The van der Waals surface area contributed by atoms with E-state index >= 15 is 0 Å². The first-order valence-electron chi connectivity index (χ1n) is 6.51. The topological polar surface area (TPSA) is 97.1 Å². The van der Waals surface area contributed by atoms with Gasteiger partial charge in [-0.25, -0.2) is 4.68 Å². The maximum absolute atomic E-state index is 11.8. The van der Waals surface area contributed by atoms with Gasteiger partial charge in [-0.3, -0.25) is 9.59 Å². The van der Waals surface area contributed by atoms with Crippen molar-refractivity contribution in [2.75, 3.05) is 0 Å². The fourth-order valence-electron chi connectivity index (χ4n) is 1.90. The van der Waals surface area contributed by atoms with Crippen molar-refractivity contribution in [1.29, 1.82) is 0 Å². The molecule has 0 spiro atoms. The van der Waals surface area contributed by atoms with E-state index in [0.717, 1.165) is 5.56 Å². The van der Waals surface area contributed by atoms with E-state index in [1.807, 2.05) is 30.3 Å². The zero-order chi connectivity index (χ0) is 15.2. The molecule has 0 saturated heterocycles. The van der Waals surface area contributed by atoms with E-state index in [1.165, 1.54) is 4.68 Å². The van der Waals surface area contributed by atoms with Crippen LogP contribution < -0.4 is 5.32 Å². The van der Waals surface area contributed by atoms with Crippen molar-refractivity contribution in [2.24, 2.45) is 0 Å². The minimum absolute atomic E-state index is 0.00376. The summed E-state index contributed by atoms with van der Waals surface area (Å²) < 4.78 is 1.42. The van der Waals surface area contributed by atoms with Crippen LogP contribution in [0, 0.1) is 0 Å². The number of hydrogen-bond acceptors (Lipinski definition) is 4. The number of rotatable bonds is 6. The number of amides is 1. The number of aliphatic carboxylic acids is 1. The summed E-state index contributed by atoms with van der Waals surface area (Å²) in [5.41, 5.74) is 1.60. The van der Waals surface area contributed by atoms with Crippen LogP contribution in [0.25, 0.3) is 11.3 Å². The van der Waals surface area contributed by atoms with E-state index in [9.17, 15) is 9.59 Å². The monoisotopic (exact) mass is 288 g/mol. The molecule has 0 fully saturated rings. The molecule has 0 radical (unpaired) electrons. The van der Waals surface area contributed by atoms with Crippen molar-refractivity contribution in [3.05, 3.63) is 36.5 Å². The van der Waals surface area contributed by atoms with E-state index in [1.54, 1.807) is 13.1 Å². The van der Waals surface area contributed by atoms with Crippen molar-refractivity contribution in [3.8, 4) is 11.3 Å². The Bertz CT molecular complexity index is 624.